The van der Waals surface area contributed by atoms with Gasteiger partial charge in [-0.2, -0.15) is 9.97 Å². The second-order valence-electron chi connectivity index (χ2n) is 7.66. The maximum Gasteiger partial charge on any atom is 0.279 e. The lowest BCUT2D eigenvalue weighted by molar-refractivity contribution is -0.592. The number of nitrogens with zero attached hydrogens (tertiary/aromatic N) is 6. The number of piperazine rings is 1. The van der Waals surface area contributed by atoms with Crippen LogP contribution in [0.25, 0.3) is 0 Å². The van der Waals surface area contributed by atoms with E-state index in [1.165, 1.54) is 11.8 Å². The molecule has 30 heavy (non-hydrogen) atoms. The van der Waals surface area contributed by atoms with Crippen LogP contribution in [0.1, 0.15) is 5.56 Å². The number of aromatic nitrogens is 3. The number of hydrogen-bond donors (Lipinski definition) is 1. The SMILES string of the molecule is Cc1ccc(Nc2cc(N(C)C)nc(N3CCN(c4cccc[n+]4[O-])CC3)n2)cc1. The van der Waals surface area contributed by atoms with Crippen LogP contribution in [0.2, 0.25) is 0 Å². The van der Waals surface area contributed by atoms with Crippen LogP contribution in [0.15, 0.2) is 54.7 Å². The first-order chi connectivity index (χ1) is 14.5. The number of aryl methyl sites for hydroxylation is 1. The number of benzene rings is 1. The van der Waals surface area contributed by atoms with Crippen LogP contribution in [0.4, 0.5) is 29.1 Å². The number of rotatable bonds is 5. The first-order valence-corrected chi connectivity index (χ1v) is 10.1. The summed E-state index contributed by atoms with van der Waals surface area (Å²) in [7, 11) is 3.95. The molecule has 1 fully saturated rings. The lowest BCUT2D eigenvalue weighted by Gasteiger charge is -2.32. The van der Waals surface area contributed by atoms with Crippen LogP contribution in [0.3, 0.4) is 0 Å². The lowest BCUT2D eigenvalue weighted by Crippen LogP contribution is -2.50. The van der Waals surface area contributed by atoms with Crippen molar-refractivity contribution in [2.24, 2.45) is 0 Å². The molecule has 2 aromatic heterocycles. The maximum atomic E-state index is 12.1. The van der Waals surface area contributed by atoms with Gasteiger partial charge in [-0.25, -0.2) is 4.73 Å². The van der Waals surface area contributed by atoms with Crippen LogP contribution >= 0.6 is 0 Å². The van der Waals surface area contributed by atoms with E-state index in [1.54, 1.807) is 6.07 Å². The molecule has 0 unspecified atom stereocenters. The van der Waals surface area contributed by atoms with E-state index in [-0.39, 0.29) is 0 Å². The number of hydrogen-bond acceptors (Lipinski definition) is 7. The van der Waals surface area contributed by atoms with Gasteiger partial charge in [0, 0.05) is 31.9 Å². The molecule has 1 aromatic carbocycles. The maximum absolute atomic E-state index is 12.1. The van der Waals surface area contributed by atoms with Crippen molar-refractivity contribution in [1.29, 1.82) is 0 Å². The van der Waals surface area contributed by atoms with Crippen molar-refractivity contribution in [3.63, 3.8) is 0 Å². The fraction of sp³-hybridized carbons (Fsp3) is 0.318. The zero-order valence-corrected chi connectivity index (χ0v) is 17.6. The summed E-state index contributed by atoms with van der Waals surface area (Å²) in [6, 6.07) is 15.7. The van der Waals surface area contributed by atoms with Gasteiger partial charge in [0.2, 0.25) is 5.95 Å². The average Bonchev–Trinajstić information content (AvgIpc) is 2.76. The normalized spacial score (nSPS) is 14.0. The summed E-state index contributed by atoms with van der Waals surface area (Å²) in [5, 5.41) is 15.4. The molecule has 8 nitrogen and oxygen atoms in total. The standard InChI is InChI=1S/C22H27N7O/c1-17-7-9-18(10-8-17)23-19-16-20(26(2)3)25-22(24-19)28-14-12-27(13-15-28)21-6-4-5-11-29(21)30/h4-11,16H,12-15H2,1-3H3,(H,23,24,25). The highest BCUT2D eigenvalue weighted by molar-refractivity contribution is 5.62. The molecule has 0 radical (unpaired) electrons. The molecule has 1 N–H and O–H groups in total. The van der Waals surface area contributed by atoms with Gasteiger partial charge in [0.15, 0.2) is 0 Å². The molecule has 1 aliphatic heterocycles. The Kier molecular flexibility index (Phi) is 5.56. The zero-order valence-electron chi connectivity index (χ0n) is 17.6. The van der Waals surface area contributed by atoms with Gasteiger partial charge in [0.1, 0.15) is 24.7 Å². The first kappa shape index (κ1) is 19.8. The monoisotopic (exact) mass is 405 g/mol. The molecule has 0 saturated carbocycles. The van der Waals surface area contributed by atoms with Crippen molar-refractivity contribution in [2.45, 2.75) is 6.92 Å². The zero-order chi connectivity index (χ0) is 21.1. The molecule has 0 aliphatic carbocycles. The molecule has 1 aliphatic rings. The van der Waals surface area contributed by atoms with Gasteiger partial charge in [0.25, 0.3) is 5.82 Å². The van der Waals surface area contributed by atoms with Crippen molar-refractivity contribution in [3.8, 4) is 0 Å². The van der Waals surface area contributed by atoms with Crippen molar-refractivity contribution >= 4 is 29.1 Å². The van der Waals surface area contributed by atoms with Gasteiger partial charge in [0.05, 0.1) is 19.3 Å². The molecule has 0 amide bonds. The van der Waals surface area contributed by atoms with Gasteiger partial charge >= 0.3 is 0 Å². The molecule has 3 aromatic rings. The summed E-state index contributed by atoms with van der Waals surface area (Å²) in [5.41, 5.74) is 2.21. The topological polar surface area (TPSA) is 74.5 Å². The van der Waals surface area contributed by atoms with Gasteiger partial charge in [-0.1, -0.05) is 23.8 Å². The minimum absolute atomic E-state index is 0.682. The Morgan fingerprint density at radius 3 is 2.33 bits per heavy atom. The fourth-order valence-corrected chi connectivity index (χ4v) is 3.44. The van der Waals surface area contributed by atoms with Gasteiger partial charge in [-0.15, -0.1) is 0 Å². The van der Waals surface area contributed by atoms with Gasteiger partial charge in [-0.05, 0) is 25.1 Å². The first-order valence-electron chi connectivity index (χ1n) is 10.1. The molecule has 8 heteroatoms. The predicted molar refractivity (Wildman–Crippen MR) is 121 cm³/mol. The highest BCUT2D eigenvalue weighted by atomic mass is 16.5. The second kappa shape index (κ2) is 8.44. The van der Waals surface area contributed by atoms with E-state index in [1.807, 2.05) is 49.3 Å². The van der Waals surface area contributed by atoms with Crippen LogP contribution in [-0.4, -0.2) is 50.2 Å². The fourth-order valence-electron chi connectivity index (χ4n) is 3.44. The summed E-state index contributed by atoms with van der Waals surface area (Å²) in [6.45, 7) is 5.04. The Balaban J connectivity index is 1.53. The minimum Gasteiger partial charge on any atom is -0.711 e. The quantitative estimate of drug-likeness (QED) is 0.516. The largest absolute Gasteiger partial charge is 0.711 e. The van der Waals surface area contributed by atoms with Crippen molar-refractivity contribution < 1.29 is 4.73 Å². The lowest BCUT2D eigenvalue weighted by atomic mass is 10.2. The number of anilines is 5. The molecular weight excluding hydrogens is 378 g/mol. The number of nitrogens with one attached hydrogen (secondary N) is 1. The molecule has 3 heterocycles. The van der Waals surface area contributed by atoms with Crippen molar-refractivity contribution in [1.82, 2.24) is 9.97 Å². The van der Waals surface area contributed by atoms with E-state index >= 15 is 0 Å². The summed E-state index contributed by atoms with van der Waals surface area (Å²) in [4.78, 5) is 15.8. The Hall–Kier alpha value is -3.55. The molecule has 0 spiro atoms. The molecule has 0 atom stereocenters. The predicted octanol–water partition coefficient (Wildman–Crippen LogP) is 2.55. The van der Waals surface area contributed by atoms with E-state index in [9.17, 15) is 5.21 Å². The third kappa shape index (κ3) is 4.37. The second-order valence-corrected chi connectivity index (χ2v) is 7.66. The van der Waals surface area contributed by atoms with E-state index < -0.39 is 0 Å². The Morgan fingerprint density at radius 2 is 1.67 bits per heavy atom. The van der Waals surface area contributed by atoms with Crippen molar-refractivity contribution in [3.05, 3.63) is 65.5 Å². The minimum atomic E-state index is 0.682. The number of pyridine rings is 1. The van der Waals surface area contributed by atoms with Crippen molar-refractivity contribution in [2.75, 3.05) is 60.3 Å². The van der Waals surface area contributed by atoms with Crippen LogP contribution in [0.5, 0.6) is 0 Å². The Labute approximate surface area is 177 Å². The summed E-state index contributed by atoms with van der Waals surface area (Å²) in [6.07, 6.45) is 1.54. The summed E-state index contributed by atoms with van der Waals surface area (Å²) >= 11 is 0. The Morgan fingerprint density at radius 1 is 0.967 bits per heavy atom. The molecule has 4 rings (SSSR count). The average molecular weight is 406 g/mol. The summed E-state index contributed by atoms with van der Waals surface area (Å²) < 4.78 is 0.919. The van der Waals surface area contributed by atoms with Crippen LogP contribution in [-0.2, 0) is 0 Å². The molecule has 1 saturated heterocycles. The third-order valence-electron chi connectivity index (χ3n) is 5.17. The summed E-state index contributed by atoms with van der Waals surface area (Å²) in [5.74, 6) is 2.98. The van der Waals surface area contributed by atoms with Crippen LogP contribution < -0.4 is 24.7 Å². The highest BCUT2D eigenvalue weighted by Gasteiger charge is 2.26. The Bertz CT molecular complexity index is 999. The van der Waals surface area contributed by atoms with E-state index in [0.29, 0.717) is 11.8 Å². The molecule has 156 valence electrons. The molecule has 0 bridgehead atoms. The van der Waals surface area contributed by atoms with E-state index in [4.69, 9.17) is 9.97 Å². The van der Waals surface area contributed by atoms with Crippen LogP contribution in [0, 0.1) is 12.1 Å². The van der Waals surface area contributed by atoms with E-state index in [0.717, 1.165) is 48.2 Å². The third-order valence-corrected chi connectivity index (χ3v) is 5.17. The van der Waals surface area contributed by atoms with E-state index in [2.05, 4.69) is 34.2 Å². The molecular formula is C22H27N7O. The van der Waals surface area contributed by atoms with Gasteiger partial charge in [-0.3, -0.25) is 4.90 Å². The smallest absolute Gasteiger partial charge is 0.279 e. The van der Waals surface area contributed by atoms with Gasteiger partial charge < -0.3 is 20.3 Å². The highest BCUT2D eigenvalue weighted by Crippen LogP contribution is 2.24.